The van der Waals surface area contributed by atoms with Gasteiger partial charge in [-0.15, -0.1) is 0 Å². The number of amides is 1. The number of carbonyl (C=O) groups is 3. The van der Waals surface area contributed by atoms with Crippen LogP contribution >= 0.6 is 43.2 Å². The number of benzene rings is 1. The predicted octanol–water partition coefficient (Wildman–Crippen LogP) is 2.90. The number of rotatable bonds is 22. The molecule has 7 rings (SSSR count). The Kier molecular flexibility index (Phi) is 25.0. The van der Waals surface area contributed by atoms with Gasteiger partial charge >= 0.3 is 6.09 Å². The number of ketones is 1. The fraction of sp³-hybridized carbons (Fsp3) is 0.661. The Labute approximate surface area is 504 Å². The van der Waals surface area contributed by atoms with Crippen molar-refractivity contribution < 1.29 is 102 Å². The lowest BCUT2D eigenvalue weighted by Gasteiger charge is -2.46. The van der Waals surface area contributed by atoms with Gasteiger partial charge in [-0.2, -0.15) is 5.48 Å². The first kappa shape index (κ1) is 67.8. The smallest absolute Gasteiger partial charge is 0.411 e. The Balaban J connectivity index is 1.12. The van der Waals surface area contributed by atoms with E-state index in [1.54, 1.807) is 47.8 Å². The van der Waals surface area contributed by atoms with Gasteiger partial charge in [0, 0.05) is 44.0 Å². The normalized spacial score (nSPS) is 35.9. The maximum Gasteiger partial charge on any atom is 0.411 e. The number of allylic oxidation sites excluding steroid dienone is 3. The van der Waals surface area contributed by atoms with Crippen LogP contribution in [0, 0.1) is 37.5 Å². The molecule has 1 aromatic carbocycles. The van der Waals surface area contributed by atoms with Crippen molar-refractivity contribution in [2.75, 3.05) is 60.7 Å². The highest BCUT2D eigenvalue weighted by Gasteiger charge is 2.52. The second-order valence-electron chi connectivity index (χ2n) is 20.4. The molecule has 19 atom stereocenters. The van der Waals surface area contributed by atoms with Crippen LogP contribution in [0.4, 0.5) is 4.79 Å². The molecule has 0 aromatic heterocycles. The van der Waals surface area contributed by atoms with Gasteiger partial charge in [0.2, 0.25) is 17.2 Å². The van der Waals surface area contributed by atoms with Gasteiger partial charge in [0.05, 0.1) is 93.5 Å². The van der Waals surface area contributed by atoms with Gasteiger partial charge in [0.1, 0.15) is 36.6 Å². The molecule has 2 aliphatic carbocycles. The predicted molar refractivity (Wildman–Crippen MR) is 312 cm³/mol. The van der Waals surface area contributed by atoms with Crippen LogP contribution < -0.4 is 30.3 Å². The van der Waals surface area contributed by atoms with Gasteiger partial charge in [-0.25, -0.2) is 4.79 Å². The number of ether oxygens (including phenoxy) is 12. The number of Topliss-reactive ketones (excluding diaryl/α,β-unsaturated/α-hetero) is 1. The zero-order valence-corrected chi connectivity index (χ0v) is 52.0. The van der Waals surface area contributed by atoms with Crippen LogP contribution in [0.25, 0.3) is 0 Å². The number of thioether (sulfide) groups is 1. The number of methoxy groups -OCH3 is 5. The van der Waals surface area contributed by atoms with Crippen LogP contribution in [0.1, 0.15) is 68.4 Å². The van der Waals surface area contributed by atoms with Crippen molar-refractivity contribution in [1.29, 1.82) is 0 Å². The lowest BCUT2D eigenvalue weighted by Crippen LogP contribution is -2.65. The molecule has 1 amide bonds. The van der Waals surface area contributed by atoms with Crippen molar-refractivity contribution in [3.8, 4) is 40.9 Å². The van der Waals surface area contributed by atoms with E-state index in [0.29, 0.717) is 23.4 Å². The molecular weight excluding hydrogens is 1180 g/mol. The topological polar surface area (TPSA) is 308 Å². The third kappa shape index (κ3) is 15.4. The van der Waals surface area contributed by atoms with Crippen LogP contribution in [-0.4, -0.2) is 218 Å². The first-order valence-electron chi connectivity index (χ1n) is 27.2. The number of likely N-dealkylation sites (N-methyl/N-ethyl adjacent to an activating group) is 1. The van der Waals surface area contributed by atoms with E-state index in [2.05, 4.69) is 39.8 Å². The van der Waals surface area contributed by atoms with Crippen molar-refractivity contribution in [3.63, 3.8) is 0 Å². The number of carbonyl (C=O) groups excluding carboxylic acids is 3. The van der Waals surface area contributed by atoms with E-state index in [1.807, 2.05) is 13.2 Å². The van der Waals surface area contributed by atoms with E-state index in [0.717, 1.165) is 18.9 Å². The Morgan fingerprint density at radius 2 is 1.57 bits per heavy atom. The maximum absolute atomic E-state index is 14.4. The molecule has 0 radical (unpaired) electrons. The van der Waals surface area contributed by atoms with E-state index < -0.39 is 127 Å². The summed E-state index contributed by atoms with van der Waals surface area (Å²) in [4.78, 5) is 47.6. The summed E-state index contributed by atoms with van der Waals surface area (Å²) >= 11 is 0.832. The summed E-state index contributed by atoms with van der Waals surface area (Å²) in [5.74, 6) is 11.3. The molecule has 4 fully saturated rings. The van der Waals surface area contributed by atoms with Crippen LogP contribution in [0.2, 0.25) is 0 Å². The molecule has 4 heterocycles. The lowest BCUT2D eigenvalue weighted by molar-refractivity contribution is -0.336. The minimum Gasteiger partial charge on any atom is -0.492 e. The zero-order valence-electron chi connectivity index (χ0n) is 48.8. The van der Waals surface area contributed by atoms with Crippen molar-refractivity contribution in [3.05, 3.63) is 51.8 Å². The molecule has 24 nitrogen and oxygen atoms in total. The van der Waals surface area contributed by atoms with Gasteiger partial charge in [0.15, 0.2) is 41.8 Å². The van der Waals surface area contributed by atoms with Crippen LogP contribution in [0.5, 0.6) is 17.2 Å². The van der Waals surface area contributed by atoms with Crippen molar-refractivity contribution in [1.82, 2.24) is 16.1 Å². The van der Waals surface area contributed by atoms with E-state index in [-0.39, 0.29) is 71.2 Å². The summed E-state index contributed by atoms with van der Waals surface area (Å²) in [6, 6.07) is -1.27. The molecule has 2 bridgehead atoms. The van der Waals surface area contributed by atoms with E-state index in [4.69, 9.17) is 61.7 Å². The number of hydrogen-bond acceptors (Lipinski definition) is 27. The molecule has 6 aliphatic rings. The van der Waals surface area contributed by atoms with E-state index in [9.17, 15) is 39.9 Å². The molecule has 28 heteroatoms. The second-order valence-corrected chi connectivity index (χ2v) is 25.9. The summed E-state index contributed by atoms with van der Waals surface area (Å²) in [5, 5.41) is 62.7. The third-order valence-corrected chi connectivity index (χ3v) is 20.3. The highest BCUT2D eigenvalue weighted by atomic mass is 33.5. The van der Waals surface area contributed by atoms with Crippen LogP contribution in [-0.2, 0) is 52.3 Å². The average Bonchev–Trinajstić information content (AvgIpc) is 1.36. The summed E-state index contributed by atoms with van der Waals surface area (Å²) in [5.41, 5.74) is 1.78. The molecule has 8 N–H and O–H groups in total. The summed E-state index contributed by atoms with van der Waals surface area (Å²) in [6.45, 7) is 11.1. The van der Waals surface area contributed by atoms with Crippen molar-refractivity contribution in [2.24, 2.45) is 0 Å². The number of nitrogens with one attached hydrogen (secondary N) is 3. The molecular formula is C56H77N3O21S4. The van der Waals surface area contributed by atoms with Gasteiger partial charge < -0.3 is 87.7 Å². The number of hydroxylamine groups is 1. The Morgan fingerprint density at radius 1 is 0.845 bits per heavy atom. The highest BCUT2D eigenvalue weighted by Crippen LogP contribution is 2.48. The highest BCUT2D eigenvalue weighted by molar-refractivity contribution is 9.09. The Hall–Kier alpha value is -3.67. The minimum absolute atomic E-state index is 0.0152. The van der Waals surface area contributed by atoms with Crippen LogP contribution in [0.15, 0.2) is 35.1 Å². The maximum atomic E-state index is 14.4. The largest absolute Gasteiger partial charge is 0.492 e. The van der Waals surface area contributed by atoms with E-state index >= 15 is 0 Å². The monoisotopic (exact) mass is 1260 g/mol. The van der Waals surface area contributed by atoms with Crippen LogP contribution in [0.3, 0.4) is 0 Å². The lowest BCUT2D eigenvalue weighted by atomic mass is 9.75. The second kappa shape index (κ2) is 31.0. The average molecular weight is 1260 g/mol. The molecule has 466 valence electrons. The molecule has 0 spiro atoms. The van der Waals surface area contributed by atoms with Gasteiger partial charge in [-0.1, -0.05) is 70.0 Å². The quantitative estimate of drug-likeness (QED) is 0.0358. The van der Waals surface area contributed by atoms with Crippen molar-refractivity contribution in [2.45, 2.75) is 176 Å². The number of alkyl carbamates (subject to hydrolysis) is 1. The Morgan fingerprint density at radius 3 is 2.24 bits per heavy atom. The number of fused-ring (bicyclic) bond motifs is 2. The standard InChI is InChI=1S/C56H77N3O21S4/c1-13-57-32-25-73-37(23-36(32)68-7)78-49-44(63)41(28(4)75-54(49)77-35-18-16-14-15-17-20-56(67)24-34(61)42(58-55(66)72-11)40(35)31(56)19-21-82-84-81-12)59-80-38-22-33(60)51(30(6)74-38)83-52(65)39-26(2)27(3)46(50(71-10)47(39)69-8)79-53-45(64)48(70-9)43(62)29(5)76-53/h14-15,19,28-30,32-33,35-38,41,43-45,48-49,51,53-54,57,59-60,62-64,67H,13,21-25H2,1-12H3,(H,58,66)/b15-14-,31-19+/t28-,29+,30-,32+,33+,35+,36+,37+,38+,41-,43+,44+,45-,48-,49-,51-,53+,54+,56+/m1/s1. The minimum atomic E-state index is -2.05. The number of aliphatic hydroxyl groups is 5. The number of hydrogen-bond donors (Lipinski definition) is 8. The summed E-state index contributed by atoms with van der Waals surface area (Å²) in [6.07, 6.45) is -11.8. The third-order valence-electron chi connectivity index (χ3n) is 15.1. The molecule has 84 heavy (non-hydrogen) atoms. The SMILES string of the molecule is CCN[C@H]1CO[C@@H](O[C@H]2[C@H](O[C@H]3C#C/C=C\C#C[C@]4(O)CC(=O)C(NC(=O)OC)=C3/C4=C\CSSSC)O[C@H](C)[C@@H](NO[C@H]3C[C@H](O)[C@H](SC(=O)c4c(C)c(C)c(O[C@@H]5O[C@@H](C)[C@H](O)[C@@H](OC)[C@H]5O)c(OC)c4OC)[C@@H](C)O3)[C@@H]2O)C[C@@H]1OC. The fourth-order valence-electron chi connectivity index (χ4n) is 10.7. The molecule has 0 saturated carbocycles. The molecule has 4 saturated heterocycles. The zero-order chi connectivity index (χ0) is 61.2. The molecule has 1 aromatic rings. The van der Waals surface area contributed by atoms with Gasteiger partial charge in [-0.05, 0) is 80.5 Å². The first-order valence-corrected chi connectivity index (χ1v) is 32.1. The molecule has 0 unspecified atom stereocenters. The molecule has 4 aliphatic heterocycles. The first-order chi connectivity index (χ1) is 40.2. The van der Waals surface area contributed by atoms with Crippen molar-refractivity contribution >= 4 is 60.2 Å². The van der Waals surface area contributed by atoms with Gasteiger partial charge in [-0.3, -0.25) is 19.7 Å². The van der Waals surface area contributed by atoms with E-state index in [1.165, 1.54) is 64.9 Å². The Bertz CT molecular complexity index is 2710. The summed E-state index contributed by atoms with van der Waals surface area (Å²) < 4.78 is 72.1. The summed E-state index contributed by atoms with van der Waals surface area (Å²) in [7, 11) is 11.3. The van der Waals surface area contributed by atoms with Gasteiger partial charge in [0.25, 0.3) is 0 Å². The number of aliphatic hydroxyl groups excluding tert-OH is 4. The fourth-order valence-corrected chi connectivity index (χ4v) is 14.2.